The normalized spacial score (nSPS) is 19.4. The minimum Gasteiger partial charge on any atom is -0.372 e. The number of hydrogen-bond acceptors (Lipinski definition) is 7. The Morgan fingerprint density at radius 2 is 1.84 bits per heavy atom. The number of rotatable bonds is 5. The van der Waals surface area contributed by atoms with Gasteiger partial charge in [0.2, 0.25) is 11.7 Å². The molecule has 2 N–H and O–H groups in total. The SMILES string of the molecule is C[C@H]1OC2(CCNCC2)c2c1n(CC(=O)Nc1ccc(C(F)(F)F)cc1Cl)c1nc(-c3ccc(N4CCCC4)cc3)nn1c2=O. The zero-order valence-corrected chi connectivity index (χ0v) is 25.2. The molecule has 4 aromatic rings. The summed E-state index contributed by atoms with van der Waals surface area (Å²) in [7, 11) is 0. The first-order valence-electron chi connectivity index (χ1n) is 15.0. The number of piperidine rings is 1. The number of ether oxygens (including phenoxy) is 1. The van der Waals surface area contributed by atoms with Crippen molar-refractivity contribution in [2.45, 2.75) is 57.0 Å². The summed E-state index contributed by atoms with van der Waals surface area (Å²) < 4.78 is 48.8. The van der Waals surface area contributed by atoms with Crippen LogP contribution in [0, 0.1) is 0 Å². The summed E-state index contributed by atoms with van der Waals surface area (Å²) in [6.45, 7) is 4.85. The van der Waals surface area contributed by atoms with E-state index in [0.29, 0.717) is 43.0 Å². The number of alkyl halides is 3. The van der Waals surface area contributed by atoms with Gasteiger partial charge in [0, 0.05) is 24.3 Å². The lowest BCUT2D eigenvalue weighted by Gasteiger charge is -2.33. The van der Waals surface area contributed by atoms with Crippen molar-refractivity contribution in [3.05, 3.63) is 74.7 Å². The van der Waals surface area contributed by atoms with E-state index in [2.05, 4.69) is 20.6 Å². The third-order valence-electron chi connectivity index (χ3n) is 8.91. The van der Waals surface area contributed by atoms with Crippen molar-refractivity contribution in [1.29, 1.82) is 0 Å². The van der Waals surface area contributed by atoms with Crippen LogP contribution < -0.4 is 21.1 Å². The summed E-state index contributed by atoms with van der Waals surface area (Å²) in [6, 6.07) is 10.6. The van der Waals surface area contributed by atoms with Crippen molar-refractivity contribution in [3.63, 3.8) is 0 Å². The third-order valence-corrected chi connectivity index (χ3v) is 9.22. The van der Waals surface area contributed by atoms with E-state index in [4.69, 9.17) is 21.3 Å². The molecule has 236 valence electrons. The summed E-state index contributed by atoms with van der Waals surface area (Å²) >= 11 is 6.12. The highest BCUT2D eigenvalue weighted by atomic mass is 35.5. The molecule has 2 aromatic carbocycles. The number of halogens is 4. The van der Waals surface area contributed by atoms with Gasteiger partial charge in [0.25, 0.3) is 5.56 Å². The molecule has 7 rings (SSSR count). The number of anilines is 2. The molecule has 0 bridgehead atoms. The zero-order valence-electron chi connectivity index (χ0n) is 24.5. The van der Waals surface area contributed by atoms with Crippen LogP contribution in [0.5, 0.6) is 0 Å². The van der Waals surface area contributed by atoms with Crippen LogP contribution in [0.4, 0.5) is 24.5 Å². The van der Waals surface area contributed by atoms with Crippen molar-refractivity contribution in [3.8, 4) is 11.4 Å². The van der Waals surface area contributed by atoms with Crippen LogP contribution >= 0.6 is 11.6 Å². The maximum Gasteiger partial charge on any atom is 0.416 e. The number of nitrogens with zero attached hydrogens (tertiary/aromatic N) is 5. The predicted molar refractivity (Wildman–Crippen MR) is 162 cm³/mol. The number of carbonyl (C=O) groups excluding carboxylic acids is 1. The van der Waals surface area contributed by atoms with Crippen molar-refractivity contribution >= 4 is 34.7 Å². The van der Waals surface area contributed by atoms with Crippen LogP contribution in [0.2, 0.25) is 5.02 Å². The van der Waals surface area contributed by atoms with Crippen LogP contribution in [0.1, 0.15) is 55.5 Å². The van der Waals surface area contributed by atoms with E-state index in [1.807, 2.05) is 31.2 Å². The molecular formula is C31H31ClF3N7O3. The van der Waals surface area contributed by atoms with Gasteiger partial charge in [-0.2, -0.15) is 22.7 Å². The number of benzene rings is 2. The second-order valence-corrected chi connectivity index (χ2v) is 12.2. The van der Waals surface area contributed by atoms with Crippen LogP contribution in [0.15, 0.2) is 47.3 Å². The van der Waals surface area contributed by atoms with Gasteiger partial charge in [-0.1, -0.05) is 11.6 Å². The van der Waals surface area contributed by atoms with E-state index >= 15 is 0 Å². The standard InChI is InChI=1S/C31H31ClF3N7O3/c1-18-26-25(30(45-18)10-12-36-13-11-30)28(44)42-29(38-27(39-42)19-4-7-21(8-5-19)40-14-2-3-15-40)41(26)17-24(43)37-23-9-6-20(16-22(23)32)31(33,34)35/h4-9,16,18,36H,2-3,10-15,17H2,1H3,(H,37,43)/t18-/m1/s1. The Labute approximate surface area is 261 Å². The molecule has 2 fully saturated rings. The summed E-state index contributed by atoms with van der Waals surface area (Å²) in [4.78, 5) is 34.6. The van der Waals surface area contributed by atoms with E-state index in [-0.39, 0.29) is 28.6 Å². The lowest BCUT2D eigenvalue weighted by molar-refractivity contribution is -0.137. The van der Waals surface area contributed by atoms with E-state index in [9.17, 15) is 22.8 Å². The first-order chi connectivity index (χ1) is 21.5. The number of fused-ring (bicyclic) bond motifs is 3. The van der Waals surface area contributed by atoms with Gasteiger partial charge in [-0.05, 0) is 88.2 Å². The maximum atomic E-state index is 14.1. The molecule has 2 aromatic heterocycles. The number of aromatic nitrogens is 4. The van der Waals surface area contributed by atoms with Crippen molar-refractivity contribution in [2.24, 2.45) is 0 Å². The molecule has 1 atom stereocenters. The Morgan fingerprint density at radius 3 is 2.51 bits per heavy atom. The average molecular weight is 642 g/mol. The molecule has 0 radical (unpaired) electrons. The fourth-order valence-corrected chi connectivity index (χ4v) is 7.00. The molecule has 5 heterocycles. The Bertz CT molecular complexity index is 1840. The van der Waals surface area contributed by atoms with Gasteiger partial charge in [0.1, 0.15) is 12.1 Å². The van der Waals surface area contributed by atoms with E-state index in [1.165, 1.54) is 4.52 Å². The molecule has 10 nitrogen and oxygen atoms in total. The molecular weight excluding hydrogens is 611 g/mol. The monoisotopic (exact) mass is 641 g/mol. The summed E-state index contributed by atoms with van der Waals surface area (Å²) in [5.74, 6) is -0.0773. The Morgan fingerprint density at radius 1 is 1.13 bits per heavy atom. The highest BCUT2D eigenvalue weighted by Crippen LogP contribution is 2.47. The lowest BCUT2D eigenvalue weighted by Crippen LogP contribution is -2.43. The number of hydrogen-bond donors (Lipinski definition) is 2. The Hall–Kier alpha value is -3.94. The molecule has 3 aliphatic heterocycles. The minimum absolute atomic E-state index is 0.0303. The second kappa shape index (κ2) is 11.1. The van der Waals surface area contributed by atoms with Crippen molar-refractivity contribution in [1.82, 2.24) is 24.5 Å². The number of amides is 1. The van der Waals surface area contributed by atoms with Crippen LogP contribution in [0.3, 0.4) is 0 Å². The van der Waals surface area contributed by atoms with E-state index in [0.717, 1.165) is 55.4 Å². The van der Waals surface area contributed by atoms with Gasteiger partial charge in [-0.3, -0.25) is 9.59 Å². The molecule has 0 saturated carbocycles. The molecule has 14 heteroatoms. The van der Waals surface area contributed by atoms with Crippen LogP contribution in [-0.4, -0.2) is 51.3 Å². The highest BCUT2D eigenvalue weighted by Gasteiger charge is 2.49. The minimum atomic E-state index is -4.57. The predicted octanol–water partition coefficient (Wildman–Crippen LogP) is 5.14. The first-order valence-corrected chi connectivity index (χ1v) is 15.4. The van der Waals surface area contributed by atoms with Gasteiger partial charge >= 0.3 is 6.18 Å². The number of nitrogens with one attached hydrogen (secondary N) is 2. The van der Waals surface area contributed by atoms with Crippen LogP contribution in [-0.2, 0) is 27.9 Å². The Kier molecular flexibility index (Phi) is 7.37. The molecule has 0 unspecified atom stereocenters. The molecule has 2 saturated heterocycles. The smallest absolute Gasteiger partial charge is 0.372 e. The molecule has 45 heavy (non-hydrogen) atoms. The molecule has 1 amide bonds. The maximum absolute atomic E-state index is 14.1. The topological polar surface area (TPSA) is 106 Å². The fraction of sp³-hybridized carbons (Fsp3) is 0.419. The van der Waals surface area contributed by atoms with Crippen molar-refractivity contribution < 1.29 is 22.7 Å². The summed E-state index contributed by atoms with van der Waals surface area (Å²) in [5.41, 5.74) is 0.725. The summed E-state index contributed by atoms with van der Waals surface area (Å²) in [6.07, 6.45) is -1.65. The number of carbonyl (C=O) groups is 1. The van der Waals surface area contributed by atoms with Crippen LogP contribution in [0.25, 0.3) is 17.2 Å². The van der Waals surface area contributed by atoms with Crippen molar-refractivity contribution in [2.75, 3.05) is 36.4 Å². The van der Waals surface area contributed by atoms with Gasteiger partial charge < -0.3 is 24.8 Å². The van der Waals surface area contributed by atoms with Gasteiger partial charge in [0.05, 0.1) is 33.6 Å². The quantitative estimate of drug-likeness (QED) is 0.311. The second-order valence-electron chi connectivity index (χ2n) is 11.8. The van der Waals surface area contributed by atoms with Gasteiger partial charge in [-0.15, -0.1) is 5.10 Å². The lowest BCUT2D eigenvalue weighted by atomic mass is 9.86. The van der Waals surface area contributed by atoms with E-state index in [1.54, 1.807) is 4.57 Å². The third kappa shape index (κ3) is 5.26. The van der Waals surface area contributed by atoms with Gasteiger partial charge in [-0.25, -0.2) is 0 Å². The summed E-state index contributed by atoms with van der Waals surface area (Å²) in [5, 5.41) is 10.3. The molecule has 3 aliphatic rings. The molecule has 1 spiro atoms. The zero-order chi connectivity index (χ0) is 31.5. The largest absolute Gasteiger partial charge is 0.416 e. The highest BCUT2D eigenvalue weighted by molar-refractivity contribution is 6.33. The fourth-order valence-electron chi connectivity index (χ4n) is 6.78. The van der Waals surface area contributed by atoms with Gasteiger partial charge in [0.15, 0.2) is 5.82 Å². The van der Waals surface area contributed by atoms with E-state index < -0.39 is 29.4 Å². The Balaban J connectivity index is 1.30. The average Bonchev–Trinajstić information content (AvgIpc) is 3.76. The molecule has 0 aliphatic carbocycles. The first kappa shape index (κ1) is 29.8.